The summed E-state index contributed by atoms with van der Waals surface area (Å²) in [5.41, 5.74) is -1.41. The minimum atomic E-state index is -1.50. The predicted molar refractivity (Wildman–Crippen MR) is 84.4 cm³/mol. The van der Waals surface area contributed by atoms with Crippen molar-refractivity contribution in [1.29, 1.82) is 0 Å². The first-order valence-corrected chi connectivity index (χ1v) is 8.07. The molecule has 0 unspecified atom stereocenters. The predicted octanol–water partition coefficient (Wildman–Crippen LogP) is 1.60. The van der Waals surface area contributed by atoms with E-state index in [2.05, 4.69) is 5.32 Å². The topological polar surface area (TPSA) is 69.7 Å². The van der Waals surface area contributed by atoms with Crippen molar-refractivity contribution < 1.29 is 18.8 Å². The van der Waals surface area contributed by atoms with Gasteiger partial charge >= 0.3 is 6.03 Å². The van der Waals surface area contributed by atoms with Gasteiger partial charge in [-0.3, -0.25) is 14.5 Å². The minimum absolute atomic E-state index is 0.0906. The number of halogens is 1. The second-order valence-corrected chi connectivity index (χ2v) is 6.34. The molecule has 128 valence electrons. The van der Waals surface area contributed by atoms with Gasteiger partial charge in [0.1, 0.15) is 17.9 Å². The molecule has 1 aliphatic carbocycles. The number of carbonyl (C=O) groups excluding carboxylic acids is 3. The third kappa shape index (κ3) is 2.64. The molecule has 1 aromatic rings. The molecule has 1 aliphatic heterocycles. The summed E-state index contributed by atoms with van der Waals surface area (Å²) in [6.45, 7) is 3.54. The standard InChI is InChI=1S/C17H20FN3O3/c1-3-20(11-8-9-11)14(22)10-21-15(23)17(2,19-16(21)24)12-6-4-5-7-13(12)18/h4-7,11H,3,8-10H2,1-2H3,(H,19,24)/t17-/m1/s1. The highest BCUT2D eigenvalue weighted by Crippen LogP contribution is 2.31. The zero-order valence-electron chi connectivity index (χ0n) is 13.7. The van der Waals surface area contributed by atoms with E-state index in [1.165, 1.54) is 25.1 Å². The lowest BCUT2D eigenvalue weighted by Crippen LogP contribution is -2.45. The molecule has 1 N–H and O–H groups in total. The summed E-state index contributed by atoms with van der Waals surface area (Å²) < 4.78 is 14.1. The molecule has 1 atom stereocenters. The van der Waals surface area contributed by atoms with Crippen molar-refractivity contribution in [2.45, 2.75) is 38.3 Å². The molecule has 0 aromatic heterocycles. The van der Waals surface area contributed by atoms with Crippen molar-refractivity contribution in [1.82, 2.24) is 15.1 Å². The fraction of sp³-hybridized carbons (Fsp3) is 0.471. The van der Waals surface area contributed by atoms with Gasteiger partial charge in [-0.05, 0) is 32.8 Å². The summed E-state index contributed by atoms with van der Waals surface area (Å²) in [6, 6.07) is 5.34. The number of likely N-dealkylation sites (N-methyl/N-ethyl adjacent to an activating group) is 1. The number of nitrogens with zero attached hydrogens (tertiary/aromatic N) is 2. The van der Waals surface area contributed by atoms with Crippen LogP contribution in [0.2, 0.25) is 0 Å². The number of hydrogen-bond acceptors (Lipinski definition) is 3. The number of imide groups is 1. The molecule has 0 bridgehead atoms. The number of hydrogen-bond donors (Lipinski definition) is 1. The molecule has 0 spiro atoms. The van der Waals surface area contributed by atoms with Crippen molar-refractivity contribution in [3.05, 3.63) is 35.6 Å². The largest absolute Gasteiger partial charge is 0.338 e. The van der Waals surface area contributed by atoms with Crippen LogP contribution in [0, 0.1) is 5.82 Å². The number of urea groups is 1. The maximum absolute atomic E-state index is 14.1. The van der Waals surface area contributed by atoms with Gasteiger partial charge in [0.2, 0.25) is 5.91 Å². The van der Waals surface area contributed by atoms with Crippen LogP contribution in [0.15, 0.2) is 24.3 Å². The third-order valence-electron chi connectivity index (χ3n) is 4.63. The normalized spacial score (nSPS) is 23.4. The van der Waals surface area contributed by atoms with Gasteiger partial charge in [0.15, 0.2) is 0 Å². The van der Waals surface area contributed by atoms with Crippen LogP contribution in [0.1, 0.15) is 32.3 Å². The van der Waals surface area contributed by atoms with Crippen LogP contribution in [0.4, 0.5) is 9.18 Å². The van der Waals surface area contributed by atoms with Crippen molar-refractivity contribution in [3.63, 3.8) is 0 Å². The second-order valence-electron chi connectivity index (χ2n) is 6.34. The Bertz CT molecular complexity index is 704. The SMILES string of the molecule is CCN(C(=O)CN1C(=O)N[C@](C)(c2ccccc2F)C1=O)C1CC1. The summed E-state index contributed by atoms with van der Waals surface area (Å²) in [5.74, 6) is -1.45. The third-order valence-corrected chi connectivity index (χ3v) is 4.63. The van der Waals surface area contributed by atoms with Crippen LogP contribution in [-0.4, -0.2) is 46.8 Å². The van der Waals surface area contributed by atoms with Crippen LogP contribution in [-0.2, 0) is 15.1 Å². The van der Waals surface area contributed by atoms with E-state index in [1.54, 1.807) is 11.0 Å². The fourth-order valence-corrected chi connectivity index (χ4v) is 3.14. The van der Waals surface area contributed by atoms with Crippen LogP contribution in [0.3, 0.4) is 0 Å². The molecule has 24 heavy (non-hydrogen) atoms. The van der Waals surface area contributed by atoms with E-state index in [9.17, 15) is 18.8 Å². The molecule has 1 saturated heterocycles. The summed E-state index contributed by atoms with van der Waals surface area (Å²) in [4.78, 5) is 39.9. The molecule has 0 radical (unpaired) electrons. The molecule has 2 fully saturated rings. The van der Waals surface area contributed by atoms with Crippen LogP contribution in [0.5, 0.6) is 0 Å². The number of rotatable bonds is 5. The monoisotopic (exact) mass is 333 g/mol. The molecule has 6 nitrogen and oxygen atoms in total. The van der Waals surface area contributed by atoms with Gasteiger partial charge in [-0.15, -0.1) is 0 Å². The molecule has 4 amide bonds. The molecular formula is C17H20FN3O3. The van der Waals surface area contributed by atoms with Gasteiger partial charge in [0, 0.05) is 18.2 Å². The maximum atomic E-state index is 14.1. The Hall–Kier alpha value is -2.44. The lowest BCUT2D eigenvalue weighted by molar-refractivity contribution is -0.139. The Morgan fingerprint density at radius 3 is 2.62 bits per heavy atom. The van der Waals surface area contributed by atoms with E-state index in [0.29, 0.717) is 6.54 Å². The number of amides is 4. The Morgan fingerprint density at radius 2 is 2.04 bits per heavy atom. The summed E-state index contributed by atoms with van der Waals surface area (Å²) in [6.07, 6.45) is 1.90. The first-order chi connectivity index (χ1) is 11.4. The highest BCUT2D eigenvalue weighted by atomic mass is 19.1. The maximum Gasteiger partial charge on any atom is 0.325 e. The van der Waals surface area contributed by atoms with E-state index >= 15 is 0 Å². The Morgan fingerprint density at radius 1 is 1.38 bits per heavy atom. The van der Waals surface area contributed by atoms with Gasteiger partial charge < -0.3 is 10.2 Å². The lowest BCUT2D eigenvalue weighted by atomic mass is 9.91. The molecule has 3 rings (SSSR count). The van der Waals surface area contributed by atoms with Gasteiger partial charge in [0.05, 0.1) is 0 Å². The summed E-state index contributed by atoms with van der Waals surface area (Å²) in [7, 11) is 0. The summed E-state index contributed by atoms with van der Waals surface area (Å²) in [5, 5.41) is 2.52. The zero-order valence-corrected chi connectivity index (χ0v) is 13.7. The first kappa shape index (κ1) is 16.4. The summed E-state index contributed by atoms with van der Waals surface area (Å²) >= 11 is 0. The molecule has 1 aromatic carbocycles. The molecule has 2 aliphatic rings. The molecule has 7 heteroatoms. The van der Waals surface area contributed by atoms with Gasteiger partial charge in [-0.1, -0.05) is 18.2 Å². The smallest absolute Gasteiger partial charge is 0.325 e. The lowest BCUT2D eigenvalue weighted by Gasteiger charge is -2.24. The highest BCUT2D eigenvalue weighted by Gasteiger charge is 2.51. The first-order valence-electron chi connectivity index (χ1n) is 8.07. The number of nitrogens with one attached hydrogen (secondary N) is 1. The average molecular weight is 333 g/mol. The van der Waals surface area contributed by atoms with E-state index in [4.69, 9.17) is 0 Å². The Kier molecular flexibility index (Phi) is 4.03. The van der Waals surface area contributed by atoms with E-state index in [1.807, 2.05) is 6.92 Å². The van der Waals surface area contributed by atoms with Crippen LogP contribution < -0.4 is 5.32 Å². The van der Waals surface area contributed by atoms with Crippen molar-refractivity contribution in [2.24, 2.45) is 0 Å². The Balaban J connectivity index is 1.81. The zero-order chi connectivity index (χ0) is 17.5. The quantitative estimate of drug-likeness (QED) is 0.832. The van der Waals surface area contributed by atoms with Gasteiger partial charge in [-0.2, -0.15) is 0 Å². The fourth-order valence-electron chi connectivity index (χ4n) is 3.14. The molecule has 1 saturated carbocycles. The Labute approximate surface area is 139 Å². The number of carbonyl (C=O) groups is 3. The average Bonchev–Trinajstić information content (AvgIpc) is 3.34. The minimum Gasteiger partial charge on any atom is -0.338 e. The molecule has 1 heterocycles. The van der Waals surface area contributed by atoms with E-state index < -0.39 is 23.3 Å². The second kappa shape index (κ2) is 5.89. The van der Waals surface area contributed by atoms with E-state index in [-0.39, 0.29) is 24.1 Å². The number of benzene rings is 1. The van der Waals surface area contributed by atoms with Crippen molar-refractivity contribution >= 4 is 17.8 Å². The highest BCUT2D eigenvalue weighted by molar-refractivity contribution is 6.09. The van der Waals surface area contributed by atoms with E-state index in [0.717, 1.165) is 17.7 Å². The van der Waals surface area contributed by atoms with Crippen LogP contribution >= 0.6 is 0 Å². The molecular weight excluding hydrogens is 313 g/mol. The van der Waals surface area contributed by atoms with Gasteiger partial charge in [-0.25, -0.2) is 9.18 Å². The van der Waals surface area contributed by atoms with Gasteiger partial charge in [0.25, 0.3) is 5.91 Å². The van der Waals surface area contributed by atoms with Crippen molar-refractivity contribution in [2.75, 3.05) is 13.1 Å². The van der Waals surface area contributed by atoms with Crippen LogP contribution in [0.25, 0.3) is 0 Å². The van der Waals surface area contributed by atoms with Crippen molar-refractivity contribution in [3.8, 4) is 0 Å².